The zero-order valence-corrected chi connectivity index (χ0v) is 16.1. The van der Waals surface area contributed by atoms with E-state index in [1.807, 2.05) is 36.4 Å². The Morgan fingerprint density at radius 3 is 2.44 bits per heavy atom. The van der Waals surface area contributed by atoms with Gasteiger partial charge in [0.15, 0.2) is 0 Å². The molecule has 0 aliphatic heterocycles. The van der Waals surface area contributed by atoms with E-state index >= 15 is 0 Å². The summed E-state index contributed by atoms with van der Waals surface area (Å²) in [4.78, 5) is 9.92. The van der Waals surface area contributed by atoms with Crippen LogP contribution in [0.15, 0.2) is 65.3 Å². The van der Waals surface area contributed by atoms with Crippen LogP contribution in [0.3, 0.4) is 0 Å². The van der Waals surface area contributed by atoms with Gasteiger partial charge in [-0.05, 0) is 23.3 Å². The van der Waals surface area contributed by atoms with Gasteiger partial charge in [0, 0.05) is 26.7 Å². The average Bonchev–Trinajstić information content (AvgIpc) is 3.07. The predicted molar refractivity (Wildman–Crippen MR) is 109 cm³/mol. The molecule has 2 nitrogen and oxygen atoms in total. The molecule has 0 fully saturated rings. The highest BCUT2D eigenvalue weighted by Crippen LogP contribution is 2.39. The lowest BCUT2D eigenvalue weighted by Gasteiger charge is -2.08. The van der Waals surface area contributed by atoms with Crippen molar-refractivity contribution in [3.05, 3.63) is 75.8 Å². The van der Waals surface area contributed by atoms with Crippen LogP contribution < -0.4 is 0 Å². The quantitative estimate of drug-likeness (QED) is 0.272. The maximum atomic E-state index is 6.29. The third kappa shape index (κ3) is 3.40. The fourth-order valence-electron chi connectivity index (χ4n) is 2.60. The van der Waals surface area contributed by atoms with Gasteiger partial charge in [-0.15, -0.1) is 23.1 Å². The molecule has 0 radical (unpaired) electrons. The van der Waals surface area contributed by atoms with E-state index < -0.39 is 0 Å². The van der Waals surface area contributed by atoms with Crippen molar-refractivity contribution in [2.24, 2.45) is 0 Å². The highest BCUT2D eigenvalue weighted by atomic mass is 35.5. The van der Waals surface area contributed by atoms with Crippen molar-refractivity contribution in [3.63, 3.8) is 0 Å². The number of thiophene rings is 1. The van der Waals surface area contributed by atoms with Crippen LogP contribution in [-0.4, -0.2) is 9.97 Å². The number of thioether (sulfide) groups is 1. The highest BCUT2D eigenvalue weighted by Gasteiger charge is 2.14. The second kappa shape index (κ2) is 7.34. The fourth-order valence-corrected chi connectivity index (χ4v) is 5.33. The number of hydrogen-bond acceptors (Lipinski definition) is 4. The minimum atomic E-state index is 0.661. The third-order valence-electron chi connectivity index (χ3n) is 3.84. The average molecular weight is 403 g/mol. The second-order valence-corrected chi connectivity index (χ2v) is 8.00. The number of halogens is 2. The first kappa shape index (κ1) is 16.9. The highest BCUT2D eigenvalue weighted by molar-refractivity contribution is 7.98. The normalized spacial score (nSPS) is 11.1. The topological polar surface area (TPSA) is 25.8 Å². The van der Waals surface area contributed by atoms with Crippen molar-refractivity contribution in [2.45, 2.75) is 10.8 Å². The number of hydrogen-bond donors (Lipinski definition) is 0. The molecular formula is C19H12Cl2N2S2. The molecule has 0 N–H and O–H groups in total. The maximum Gasteiger partial charge on any atom is 0.128 e. The van der Waals surface area contributed by atoms with Gasteiger partial charge >= 0.3 is 0 Å². The molecule has 0 atom stereocenters. The summed E-state index contributed by atoms with van der Waals surface area (Å²) in [5.74, 6) is 0.661. The van der Waals surface area contributed by atoms with Crippen molar-refractivity contribution in [1.82, 2.24) is 9.97 Å². The summed E-state index contributed by atoms with van der Waals surface area (Å²) in [6.07, 6.45) is 1.62. The molecule has 124 valence electrons. The minimum absolute atomic E-state index is 0.661. The van der Waals surface area contributed by atoms with E-state index in [1.165, 1.54) is 5.56 Å². The fraction of sp³-hybridized carbons (Fsp3) is 0.0526. The zero-order chi connectivity index (χ0) is 17.2. The third-order valence-corrected chi connectivity index (χ3v) is 6.45. The maximum absolute atomic E-state index is 6.29. The largest absolute Gasteiger partial charge is 0.229 e. The standard InChI is InChI=1S/C19H12Cl2N2S2/c20-15-7-4-8-16(21)14(15)10-25-19-17-13(12-5-2-1-3-6-12)9-24-18(17)22-11-23-19/h1-9,11H,10H2. The van der Waals surface area contributed by atoms with Crippen LogP contribution in [0.2, 0.25) is 10.0 Å². The Morgan fingerprint density at radius 2 is 1.68 bits per heavy atom. The summed E-state index contributed by atoms with van der Waals surface area (Å²) < 4.78 is 0. The molecule has 0 aliphatic carbocycles. The first-order chi connectivity index (χ1) is 12.2. The number of nitrogens with zero attached hydrogens (tertiary/aromatic N) is 2. The molecule has 0 spiro atoms. The Labute approximate surface area is 163 Å². The smallest absolute Gasteiger partial charge is 0.128 e. The van der Waals surface area contributed by atoms with Crippen LogP contribution in [0.1, 0.15) is 5.56 Å². The number of benzene rings is 2. The van der Waals surface area contributed by atoms with Crippen molar-refractivity contribution in [3.8, 4) is 11.1 Å². The van der Waals surface area contributed by atoms with Crippen LogP contribution >= 0.6 is 46.3 Å². The van der Waals surface area contributed by atoms with E-state index in [1.54, 1.807) is 29.4 Å². The van der Waals surface area contributed by atoms with Crippen molar-refractivity contribution in [2.75, 3.05) is 0 Å². The van der Waals surface area contributed by atoms with E-state index in [9.17, 15) is 0 Å². The van der Waals surface area contributed by atoms with E-state index in [2.05, 4.69) is 27.5 Å². The predicted octanol–water partition coefficient (Wildman–Crippen LogP) is 6.96. The number of fused-ring (bicyclic) bond motifs is 1. The SMILES string of the molecule is Clc1cccc(Cl)c1CSc1ncnc2scc(-c3ccccc3)c12. The van der Waals surface area contributed by atoms with Crippen molar-refractivity contribution >= 4 is 56.5 Å². The lowest BCUT2D eigenvalue weighted by atomic mass is 10.1. The molecule has 2 aromatic heterocycles. The monoisotopic (exact) mass is 402 g/mol. The summed E-state index contributed by atoms with van der Waals surface area (Å²) in [5.41, 5.74) is 3.26. The summed E-state index contributed by atoms with van der Waals surface area (Å²) in [7, 11) is 0. The molecule has 25 heavy (non-hydrogen) atoms. The molecule has 6 heteroatoms. The number of aromatic nitrogens is 2. The summed E-state index contributed by atoms with van der Waals surface area (Å²) in [6.45, 7) is 0. The van der Waals surface area contributed by atoms with Crippen LogP contribution in [-0.2, 0) is 5.75 Å². The van der Waals surface area contributed by atoms with Gasteiger partial charge in [-0.25, -0.2) is 9.97 Å². The Bertz CT molecular complexity index is 1010. The van der Waals surface area contributed by atoms with Crippen LogP contribution in [0.25, 0.3) is 21.3 Å². The van der Waals surface area contributed by atoms with Gasteiger partial charge in [0.1, 0.15) is 16.2 Å². The van der Waals surface area contributed by atoms with E-state index in [0.29, 0.717) is 15.8 Å². The van der Waals surface area contributed by atoms with E-state index in [4.69, 9.17) is 23.2 Å². The molecule has 4 aromatic rings. The molecule has 0 aliphatic rings. The molecule has 0 saturated heterocycles. The Morgan fingerprint density at radius 1 is 0.920 bits per heavy atom. The van der Waals surface area contributed by atoms with Gasteiger partial charge in [0.2, 0.25) is 0 Å². The van der Waals surface area contributed by atoms with Crippen LogP contribution in [0, 0.1) is 0 Å². The molecule has 0 amide bonds. The molecular weight excluding hydrogens is 391 g/mol. The Kier molecular flexibility index (Phi) is 4.95. The van der Waals surface area contributed by atoms with Crippen LogP contribution in [0.5, 0.6) is 0 Å². The lowest BCUT2D eigenvalue weighted by molar-refractivity contribution is 1.11. The molecule has 2 aromatic carbocycles. The molecule has 0 bridgehead atoms. The van der Waals surface area contributed by atoms with Crippen molar-refractivity contribution < 1.29 is 0 Å². The van der Waals surface area contributed by atoms with Gasteiger partial charge in [-0.2, -0.15) is 0 Å². The first-order valence-corrected chi connectivity index (χ1v) is 10.2. The van der Waals surface area contributed by atoms with Gasteiger partial charge in [0.25, 0.3) is 0 Å². The van der Waals surface area contributed by atoms with Crippen molar-refractivity contribution in [1.29, 1.82) is 0 Å². The van der Waals surface area contributed by atoms with Gasteiger partial charge in [-0.3, -0.25) is 0 Å². The summed E-state index contributed by atoms with van der Waals surface area (Å²) in [6, 6.07) is 15.9. The summed E-state index contributed by atoms with van der Waals surface area (Å²) in [5, 5.41) is 5.53. The Balaban J connectivity index is 1.74. The molecule has 4 rings (SSSR count). The van der Waals surface area contributed by atoms with Gasteiger partial charge < -0.3 is 0 Å². The summed E-state index contributed by atoms with van der Waals surface area (Å²) >= 11 is 15.8. The number of rotatable bonds is 4. The minimum Gasteiger partial charge on any atom is -0.229 e. The van der Waals surface area contributed by atoms with E-state index in [-0.39, 0.29) is 0 Å². The molecule has 2 heterocycles. The van der Waals surface area contributed by atoms with Gasteiger partial charge in [0.05, 0.1) is 5.39 Å². The van der Waals surface area contributed by atoms with Gasteiger partial charge in [-0.1, -0.05) is 59.6 Å². The molecule has 0 unspecified atom stereocenters. The first-order valence-electron chi connectivity index (χ1n) is 7.57. The van der Waals surface area contributed by atoms with E-state index in [0.717, 1.165) is 26.4 Å². The Hall–Kier alpha value is -1.59. The lowest BCUT2D eigenvalue weighted by Crippen LogP contribution is -1.89. The molecule has 0 saturated carbocycles. The second-order valence-electron chi connectivity index (χ2n) is 5.36. The van der Waals surface area contributed by atoms with Crippen LogP contribution in [0.4, 0.5) is 0 Å². The zero-order valence-electron chi connectivity index (χ0n) is 12.9.